The molecule has 0 unspecified atom stereocenters. The first-order chi connectivity index (χ1) is 10.7. The molecule has 1 N–H and O–H groups in total. The lowest BCUT2D eigenvalue weighted by Gasteiger charge is -2.06. The summed E-state index contributed by atoms with van der Waals surface area (Å²) in [4.78, 5) is 27.7. The number of hydrogen-bond donors (Lipinski definition) is 1. The highest BCUT2D eigenvalue weighted by Crippen LogP contribution is 2.11. The lowest BCUT2D eigenvalue weighted by Crippen LogP contribution is -2.31. The largest absolute Gasteiger partial charge is 0.442 e. The van der Waals surface area contributed by atoms with Gasteiger partial charge >= 0.3 is 5.76 Å². The van der Waals surface area contributed by atoms with Crippen LogP contribution in [0.5, 0.6) is 0 Å². The molecule has 0 radical (unpaired) electrons. The van der Waals surface area contributed by atoms with E-state index in [1.54, 1.807) is 24.4 Å². The summed E-state index contributed by atoms with van der Waals surface area (Å²) in [6.45, 7) is 2.62. The van der Waals surface area contributed by atoms with Gasteiger partial charge in [0.2, 0.25) is 11.7 Å². The fraction of sp³-hybridized carbons (Fsp3) is 0.467. The van der Waals surface area contributed by atoms with Gasteiger partial charge in [0.1, 0.15) is 12.2 Å². The Bertz CT molecular complexity index is 648. The number of hydrogen-bond acceptors (Lipinski definition) is 5. The van der Waals surface area contributed by atoms with Gasteiger partial charge in [-0.25, -0.2) is 9.36 Å². The van der Waals surface area contributed by atoms with Crippen molar-refractivity contribution in [3.05, 3.63) is 34.9 Å². The molecule has 7 heteroatoms. The molecule has 7 nitrogen and oxygen atoms in total. The minimum Gasteiger partial charge on any atom is -0.355 e. The van der Waals surface area contributed by atoms with Crippen LogP contribution in [0, 0.1) is 0 Å². The molecule has 0 aliphatic carbocycles. The number of pyridine rings is 1. The van der Waals surface area contributed by atoms with Crippen LogP contribution in [0.3, 0.4) is 0 Å². The van der Waals surface area contributed by atoms with Gasteiger partial charge in [0.25, 0.3) is 0 Å². The first-order valence-electron chi connectivity index (χ1n) is 7.47. The number of carbonyl (C=O) groups excluding carboxylic acids is 1. The molecule has 118 valence electrons. The number of nitrogens with one attached hydrogen (secondary N) is 1. The highest BCUT2D eigenvalue weighted by atomic mass is 16.5. The Morgan fingerprint density at radius 3 is 2.91 bits per heavy atom. The van der Waals surface area contributed by atoms with Gasteiger partial charge in [0, 0.05) is 12.7 Å². The molecule has 2 rings (SSSR count). The Morgan fingerprint density at radius 2 is 2.18 bits per heavy atom. The van der Waals surface area contributed by atoms with E-state index in [0.29, 0.717) is 12.2 Å². The fourth-order valence-electron chi connectivity index (χ4n) is 2.07. The van der Waals surface area contributed by atoms with E-state index in [1.807, 2.05) is 0 Å². The van der Waals surface area contributed by atoms with Crippen LogP contribution in [0.15, 0.2) is 33.7 Å². The standard InChI is InChI=1S/C15H20N4O3/c1-2-3-4-6-10-17-13(20)11-19-14(18-22-15(19)21)12-8-5-7-9-16-12/h5,7-9H,2-4,6,10-11H2,1H3,(H,17,20). The zero-order valence-corrected chi connectivity index (χ0v) is 12.6. The maximum absolute atomic E-state index is 11.9. The number of unbranched alkanes of at least 4 members (excludes halogenated alkanes) is 3. The molecule has 22 heavy (non-hydrogen) atoms. The van der Waals surface area contributed by atoms with Gasteiger partial charge in [0.15, 0.2) is 0 Å². The van der Waals surface area contributed by atoms with Crippen LogP contribution in [0.2, 0.25) is 0 Å². The van der Waals surface area contributed by atoms with Crippen molar-refractivity contribution in [2.75, 3.05) is 6.54 Å². The molecule has 0 spiro atoms. The molecule has 2 heterocycles. The summed E-state index contributed by atoms with van der Waals surface area (Å²) in [5.74, 6) is -0.646. The SMILES string of the molecule is CCCCCCNC(=O)Cn1c(-c2ccccn2)noc1=O. The molecular weight excluding hydrogens is 284 g/mol. The molecular formula is C15H20N4O3. The van der Waals surface area contributed by atoms with Gasteiger partial charge in [-0.3, -0.25) is 14.3 Å². The topological polar surface area (TPSA) is 90.0 Å². The number of carbonyl (C=O) groups is 1. The Balaban J connectivity index is 1.97. The molecule has 1 amide bonds. The van der Waals surface area contributed by atoms with Crippen molar-refractivity contribution in [3.8, 4) is 11.5 Å². The Kier molecular flexibility index (Phi) is 5.88. The van der Waals surface area contributed by atoms with E-state index in [0.717, 1.165) is 25.7 Å². The number of rotatable bonds is 8. The predicted molar refractivity (Wildman–Crippen MR) is 81.1 cm³/mol. The summed E-state index contributed by atoms with van der Waals surface area (Å²) in [7, 11) is 0. The van der Waals surface area contributed by atoms with E-state index in [9.17, 15) is 9.59 Å². The molecule has 0 aromatic carbocycles. The van der Waals surface area contributed by atoms with E-state index in [1.165, 1.54) is 4.57 Å². The van der Waals surface area contributed by atoms with E-state index in [4.69, 9.17) is 0 Å². The van der Waals surface area contributed by atoms with Crippen molar-refractivity contribution in [2.45, 2.75) is 39.2 Å². The van der Waals surface area contributed by atoms with Crippen molar-refractivity contribution < 1.29 is 9.32 Å². The second-order valence-corrected chi connectivity index (χ2v) is 4.98. The van der Waals surface area contributed by atoms with Crippen molar-refractivity contribution in [3.63, 3.8) is 0 Å². The number of amides is 1. The molecule has 0 bridgehead atoms. The molecule has 0 saturated carbocycles. The third-order valence-electron chi connectivity index (χ3n) is 3.23. The van der Waals surface area contributed by atoms with E-state index >= 15 is 0 Å². The molecule has 2 aromatic rings. The second-order valence-electron chi connectivity index (χ2n) is 4.98. The quantitative estimate of drug-likeness (QED) is 0.748. The van der Waals surface area contributed by atoms with Gasteiger partial charge in [0.05, 0.1) is 0 Å². The van der Waals surface area contributed by atoms with Crippen LogP contribution in [0.1, 0.15) is 32.6 Å². The zero-order chi connectivity index (χ0) is 15.8. The third kappa shape index (κ3) is 4.28. The van der Waals surface area contributed by atoms with Crippen LogP contribution in [-0.4, -0.2) is 27.2 Å². The molecule has 0 aliphatic rings. The molecule has 2 aromatic heterocycles. The van der Waals surface area contributed by atoms with E-state index in [2.05, 4.69) is 26.9 Å². The second kappa shape index (κ2) is 8.11. The summed E-state index contributed by atoms with van der Waals surface area (Å²) in [6, 6.07) is 5.24. The molecule has 0 aliphatic heterocycles. The van der Waals surface area contributed by atoms with Crippen molar-refractivity contribution in [1.29, 1.82) is 0 Å². The van der Waals surface area contributed by atoms with Crippen molar-refractivity contribution in [2.24, 2.45) is 0 Å². The maximum atomic E-state index is 11.9. The minimum atomic E-state index is -0.665. The van der Waals surface area contributed by atoms with E-state index < -0.39 is 5.76 Å². The zero-order valence-electron chi connectivity index (χ0n) is 12.6. The first-order valence-corrected chi connectivity index (χ1v) is 7.47. The Hall–Kier alpha value is -2.44. The minimum absolute atomic E-state index is 0.123. The number of nitrogens with zero attached hydrogens (tertiary/aromatic N) is 3. The van der Waals surface area contributed by atoms with Crippen LogP contribution >= 0.6 is 0 Å². The normalized spacial score (nSPS) is 10.6. The lowest BCUT2D eigenvalue weighted by atomic mass is 10.2. The molecule has 0 atom stereocenters. The number of aromatic nitrogens is 3. The van der Waals surface area contributed by atoms with Crippen LogP contribution in [-0.2, 0) is 11.3 Å². The smallest absolute Gasteiger partial charge is 0.355 e. The summed E-state index contributed by atoms with van der Waals surface area (Å²) in [5.41, 5.74) is 0.490. The average Bonchev–Trinajstić information content (AvgIpc) is 2.89. The highest BCUT2D eigenvalue weighted by Gasteiger charge is 2.16. The van der Waals surface area contributed by atoms with Gasteiger partial charge in [-0.15, -0.1) is 0 Å². The van der Waals surface area contributed by atoms with Crippen molar-refractivity contribution in [1.82, 2.24) is 20.0 Å². The first kappa shape index (κ1) is 15.9. The van der Waals surface area contributed by atoms with Gasteiger partial charge < -0.3 is 5.32 Å². The fourth-order valence-corrected chi connectivity index (χ4v) is 2.07. The van der Waals surface area contributed by atoms with Crippen LogP contribution in [0.4, 0.5) is 0 Å². The van der Waals surface area contributed by atoms with Gasteiger partial charge in [-0.1, -0.05) is 37.4 Å². The van der Waals surface area contributed by atoms with Crippen LogP contribution < -0.4 is 11.1 Å². The van der Waals surface area contributed by atoms with Crippen LogP contribution in [0.25, 0.3) is 11.5 Å². The summed E-state index contributed by atoms with van der Waals surface area (Å²) in [5, 5.41) is 6.49. The average molecular weight is 304 g/mol. The highest BCUT2D eigenvalue weighted by molar-refractivity contribution is 5.76. The Morgan fingerprint density at radius 1 is 1.32 bits per heavy atom. The van der Waals surface area contributed by atoms with E-state index in [-0.39, 0.29) is 18.3 Å². The van der Waals surface area contributed by atoms with Crippen molar-refractivity contribution >= 4 is 5.91 Å². The molecule has 0 saturated heterocycles. The lowest BCUT2D eigenvalue weighted by molar-refractivity contribution is -0.121. The maximum Gasteiger partial charge on any atom is 0.442 e. The summed E-state index contributed by atoms with van der Waals surface area (Å²) in [6.07, 6.45) is 5.92. The summed E-state index contributed by atoms with van der Waals surface area (Å²) >= 11 is 0. The predicted octanol–water partition coefficient (Wildman–Crippen LogP) is 1.59. The summed E-state index contributed by atoms with van der Waals surface area (Å²) < 4.78 is 5.83. The monoisotopic (exact) mass is 304 g/mol. The third-order valence-corrected chi connectivity index (χ3v) is 3.23. The van der Waals surface area contributed by atoms with Gasteiger partial charge in [-0.05, 0) is 18.6 Å². The Labute approximate surface area is 128 Å². The molecule has 0 fully saturated rings. The van der Waals surface area contributed by atoms with Gasteiger partial charge in [-0.2, -0.15) is 0 Å².